The smallest absolute Gasteiger partial charge is 0.311 e. The number of esters is 2. The summed E-state index contributed by atoms with van der Waals surface area (Å²) in [6, 6.07) is 10.7. The molecule has 0 amide bonds. The van der Waals surface area contributed by atoms with E-state index < -0.39 is 22.8 Å². The van der Waals surface area contributed by atoms with Gasteiger partial charge in [-0.15, -0.1) is 21.9 Å². The summed E-state index contributed by atoms with van der Waals surface area (Å²) in [5.74, 6) is -1.50. The van der Waals surface area contributed by atoms with E-state index in [1.807, 2.05) is 49.8 Å². The second-order valence-electron chi connectivity index (χ2n) is 8.28. The molecule has 2 aromatic carbocycles. The molecule has 0 aliphatic heterocycles. The number of fused-ring (bicyclic) bond motifs is 1. The molecule has 12 heteroatoms. The Bertz CT molecular complexity index is 1280. The summed E-state index contributed by atoms with van der Waals surface area (Å²) >= 11 is 1.63. The van der Waals surface area contributed by atoms with E-state index in [1.54, 1.807) is 33.3 Å². The third-order valence-corrected chi connectivity index (χ3v) is 8.30. The molecule has 3 rings (SSSR count). The average Bonchev–Trinajstić information content (AvgIpc) is 3.14. The molecule has 208 valence electrons. The number of nitrogens with zero attached hydrogens (tertiary/aromatic N) is 1. The Morgan fingerprint density at radius 1 is 1.08 bits per heavy atom. The second-order valence-corrected chi connectivity index (χ2v) is 11.8. The molecule has 0 saturated heterocycles. The zero-order chi connectivity index (χ0) is 28.4. The standard InChI is InChI=1S/C27H28FNO7S3/c1-17-20(13-18-6-8-19(37-2)9-7-18)23-15-25(36-26(30)5-4-10-35-29(32)33)24(28)14-22(23)21(17)16-27(31)34-11-12-39-38-3/h6-9,13-15H,4-5,10-12,16H2,1-3H3/b20-13-. The third kappa shape index (κ3) is 8.77. The number of benzene rings is 2. The van der Waals surface area contributed by atoms with Crippen LogP contribution in [0.4, 0.5) is 4.39 Å². The van der Waals surface area contributed by atoms with Crippen molar-refractivity contribution >= 4 is 62.5 Å². The molecule has 39 heavy (non-hydrogen) atoms. The number of halogens is 1. The maximum Gasteiger partial charge on any atom is 0.311 e. The van der Waals surface area contributed by atoms with Crippen LogP contribution in [0.2, 0.25) is 0 Å². The normalized spacial score (nSPS) is 13.4. The van der Waals surface area contributed by atoms with Gasteiger partial charge in [-0.1, -0.05) is 33.7 Å². The van der Waals surface area contributed by atoms with Crippen molar-refractivity contribution in [3.63, 3.8) is 0 Å². The van der Waals surface area contributed by atoms with E-state index in [0.717, 1.165) is 21.6 Å². The van der Waals surface area contributed by atoms with Crippen molar-refractivity contribution in [3.05, 3.63) is 74.6 Å². The number of ether oxygens (including phenoxy) is 2. The zero-order valence-electron chi connectivity index (χ0n) is 21.7. The molecule has 0 unspecified atom stereocenters. The largest absolute Gasteiger partial charge is 0.465 e. The first kappa shape index (κ1) is 30.6. The molecule has 0 saturated carbocycles. The van der Waals surface area contributed by atoms with Crippen molar-refractivity contribution in [2.45, 2.75) is 31.1 Å². The number of carbonyl (C=O) groups is 2. The Balaban J connectivity index is 1.90. The van der Waals surface area contributed by atoms with Gasteiger partial charge in [0.1, 0.15) is 6.61 Å². The van der Waals surface area contributed by atoms with Gasteiger partial charge in [-0.25, -0.2) is 4.39 Å². The lowest BCUT2D eigenvalue weighted by Gasteiger charge is -2.11. The molecule has 1 aliphatic carbocycles. The van der Waals surface area contributed by atoms with Crippen molar-refractivity contribution in [3.8, 4) is 5.75 Å². The van der Waals surface area contributed by atoms with E-state index in [0.29, 0.717) is 22.5 Å². The van der Waals surface area contributed by atoms with E-state index >= 15 is 4.39 Å². The Kier molecular flexibility index (Phi) is 11.8. The highest BCUT2D eigenvalue weighted by Crippen LogP contribution is 2.46. The maximum absolute atomic E-state index is 15.1. The molecule has 8 nitrogen and oxygen atoms in total. The number of rotatable bonds is 14. The van der Waals surface area contributed by atoms with Crippen molar-refractivity contribution in [1.29, 1.82) is 0 Å². The van der Waals surface area contributed by atoms with Crippen LogP contribution in [-0.4, -0.2) is 48.5 Å². The summed E-state index contributed by atoms with van der Waals surface area (Å²) in [6.45, 7) is 1.88. The number of hydrogen-bond acceptors (Lipinski definition) is 10. The lowest BCUT2D eigenvalue weighted by Crippen LogP contribution is -2.11. The van der Waals surface area contributed by atoms with E-state index in [9.17, 15) is 19.7 Å². The van der Waals surface area contributed by atoms with Gasteiger partial charge in [0.05, 0.1) is 13.0 Å². The van der Waals surface area contributed by atoms with Crippen molar-refractivity contribution in [2.24, 2.45) is 0 Å². The molecule has 0 fully saturated rings. The summed E-state index contributed by atoms with van der Waals surface area (Å²) in [5, 5.41) is 9.31. The topological polar surface area (TPSA) is 105 Å². The first-order chi connectivity index (χ1) is 18.7. The maximum atomic E-state index is 15.1. The summed E-state index contributed by atoms with van der Waals surface area (Å²) in [7, 11) is 3.18. The van der Waals surface area contributed by atoms with Gasteiger partial charge in [0.25, 0.3) is 5.09 Å². The SMILES string of the molecule is CSSCCOC(=O)CC1=C(C)/C(=C/c2ccc(SC)cc2)c2cc(OC(=O)CCCO[N+](=O)[O-])c(F)cc21. The minimum atomic E-state index is -0.945. The van der Waals surface area contributed by atoms with Crippen LogP contribution in [0.1, 0.15) is 42.9 Å². The van der Waals surface area contributed by atoms with E-state index in [-0.39, 0.29) is 38.2 Å². The van der Waals surface area contributed by atoms with Gasteiger partial charge >= 0.3 is 11.9 Å². The molecule has 0 atom stereocenters. The van der Waals surface area contributed by atoms with Gasteiger partial charge in [-0.3, -0.25) is 9.59 Å². The summed E-state index contributed by atoms with van der Waals surface area (Å²) in [6.07, 6.45) is 5.73. The van der Waals surface area contributed by atoms with Crippen LogP contribution in [0.5, 0.6) is 5.75 Å². The molecule has 0 heterocycles. The minimum Gasteiger partial charge on any atom is -0.465 e. The van der Waals surface area contributed by atoms with Crippen LogP contribution in [0, 0.1) is 15.9 Å². The number of hydrogen-bond donors (Lipinski definition) is 0. The lowest BCUT2D eigenvalue weighted by atomic mass is 10.00. The summed E-state index contributed by atoms with van der Waals surface area (Å²) < 4.78 is 25.7. The first-order valence-electron chi connectivity index (χ1n) is 11.9. The van der Waals surface area contributed by atoms with E-state index in [1.165, 1.54) is 12.1 Å². The van der Waals surface area contributed by atoms with Gasteiger partial charge in [-0.2, -0.15) is 0 Å². The fourth-order valence-corrected chi connectivity index (χ4v) is 5.38. The molecule has 0 N–H and O–H groups in total. The van der Waals surface area contributed by atoms with Crippen LogP contribution in [-0.2, 0) is 19.2 Å². The van der Waals surface area contributed by atoms with Crippen LogP contribution < -0.4 is 4.74 Å². The van der Waals surface area contributed by atoms with Gasteiger partial charge in [0.2, 0.25) is 0 Å². The fourth-order valence-electron chi connectivity index (χ4n) is 3.95. The third-order valence-electron chi connectivity index (χ3n) is 5.79. The average molecular weight is 594 g/mol. The summed E-state index contributed by atoms with van der Waals surface area (Å²) in [5.41, 5.74) is 4.30. The predicted octanol–water partition coefficient (Wildman–Crippen LogP) is 6.71. The lowest BCUT2D eigenvalue weighted by molar-refractivity contribution is -0.757. The van der Waals surface area contributed by atoms with Gasteiger partial charge in [0.15, 0.2) is 11.6 Å². The molecule has 1 aliphatic rings. The van der Waals surface area contributed by atoms with Crippen LogP contribution in [0.25, 0.3) is 17.2 Å². The Hall–Kier alpha value is -2.96. The van der Waals surface area contributed by atoms with E-state index in [2.05, 4.69) is 4.84 Å². The molecule has 0 spiro atoms. The molecule has 0 radical (unpaired) electrons. The second kappa shape index (κ2) is 15.0. The quantitative estimate of drug-likeness (QED) is 0.0446. The van der Waals surface area contributed by atoms with Crippen molar-refractivity contribution in [1.82, 2.24) is 0 Å². The van der Waals surface area contributed by atoms with Gasteiger partial charge < -0.3 is 14.3 Å². The van der Waals surface area contributed by atoms with Gasteiger partial charge in [0, 0.05) is 17.1 Å². The van der Waals surface area contributed by atoms with Crippen molar-refractivity contribution in [2.75, 3.05) is 31.5 Å². The van der Waals surface area contributed by atoms with Gasteiger partial charge in [-0.05, 0) is 89.6 Å². The Morgan fingerprint density at radius 3 is 2.49 bits per heavy atom. The Labute approximate surface area is 238 Å². The van der Waals surface area contributed by atoms with Crippen LogP contribution in [0.3, 0.4) is 0 Å². The zero-order valence-corrected chi connectivity index (χ0v) is 24.1. The number of allylic oxidation sites excluding steroid dienone is 2. The molecular formula is C27H28FNO7S3. The number of thioether (sulfide) groups is 1. The molecule has 0 bridgehead atoms. The highest BCUT2D eigenvalue weighted by molar-refractivity contribution is 8.76. The fraction of sp³-hybridized carbons (Fsp3) is 0.333. The highest BCUT2D eigenvalue weighted by Gasteiger charge is 2.28. The van der Waals surface area contributed by atoms with Crippen LogP contribution in [0.15, 0.2) is 46.9 Å². The summed E-state index contributed by atoms with van der Waals surface area (Å²) in [4.78, 5) is 40.4. The van der Waals surface area contributed by atoms with E-state index in [4.69, 9.17) is 9.47 Å². The number of carbonyl (C=O) groups excluding carboxylic acids is 2. The molecule has 0 aromatic heterocycles. The minimum absolute atomic E-state index is 0.0272. The highest BCUT2D eigenvalue weighted by atomic mass is 33.1. The first-order valence-corrected chi connectivity index (χ1v) is 15.9. The Morgan fingerprint density at radius 2 is 1.82 bits per heavy atom. The van der Waals surface area contributed by atoms with Crippen molar-refractivity contribution < 1.29 is 33.4 Å². The molecular weight excluding hydrogens is 565 g/mol. The van der Waals surface area contributed by atoms with Crippen LogP contribution >= 0.6 is 33.3 Å². The molecule has 2 aromatic rings. The monoisotopic (exact) mass is 593 g/mol. The predicted molar refractivity (Wildman–Crippen MR) is 154 cm³/mol.